The second-order valence-electron chi connectivity index (χ2n) is 4.83. The van der Waals surface area contributed by atoms with E-state index in [4.69, 9.17) is 21.1 Å². The third kappa shape index (κ3) is 5.25. The minimum Gasteiger partial charge on any atom is -0.496 e. The Kier molecular flexibility index (Phi) is 6.63. The molecule has 0 aliphatic carbocycles. The fourth-order valence-electron chi connectivity index (χ4n) is 1.83. The van der Waals surface area contributed by atoms with Gasteiger partial charge in [-0.15, -0.1) is 0 Å². The number of benzene rings is 2. The molecule has 7 heteroatoms. The number of hydrogen-bond donors (Lipinski definition) is 1. The maximum Gasteiger partial charge on any atom is 0.280 e. The van der Waals surface area contributed by atoms with E-state index in [0.717, 1.165) is 10.0 Å². The zero-order chi connectivity index (χ0) is 17.5. The maximum absolute atomic E-state index is 12.0. The van der Waals surface area contributed by atoms with Gasteiger partial charge in [-0.1, -0.05) is 27.5 Å². The lowest BCUT2D eigenvalue weighted by molar-refractivity contribution is -0.127. The molecule has 1 atom stereocenters. The summed E-state index contributed by atoms with van der Waals surface area (Å²) in [5, 5.41) is 4.55. The Bertz CT molecular complexity index is 735. The van der Waals surface area contributed by atoms with Crippen molar-refractivity contribution in [1.82, 2.24) is 5.43 Å². The van der Waals surface area contributed by atoms with Gasteiger partial charge in [0.2, 0.25) is 0 Å². The van der Waals surface area contributed by atoms with Crippen molar-refractivity contribution in [2.45, 2.75) is 13.0 Å². The van der Waals surface area contributed by atoms with Crippen molar-refractivity contribution in [3.05, 3.63) is 57.5 Å². The summed E-state index contributed by atoms with van der Waals surface area (Å²) >= 11 is 9.18. The molecule has 0 bridgehead atoms. The molecule has 5 nitrogen and oxygen atoms in total. The highest BCUT2D eigenvalue weighted by atomic mass is 79.9. The van der Waals surface area contributed by atoms with Crippen LogP contribution in [0.25, 0.3) is 0 Å². The summed E-state index contributed by atoms with van der Waals surface area (Å²) in [6, 6.07) is 12.3. The van der Waals surface area contributed by atoms with Crippen LogP contribution in [-0.2, 0) is 4.79 Å². The van der Waals surface area contributed by atoms with Crippen molar-refractivity contribution >= 4 is 39.7 Å². The Hall–Kier alpha value is -2.05. The number of methoxy groups -OCH3 is 1. The quantitative estimate of drug-likeness (QED) is 0.577. The van der Waals surface area contributed by atoms with Gasteiger partial charge in [0.15, 0.2) is 6.10 Å². The maximum atomic E-state index is 12.0. The number of halogens is 2. The second kappa shape index (κ2) is 8.70. The summed E-state index contributed by atoms with van der Waals surface area (Å²) in [6.45, 7) is 1.64. The van der Waals surface area contributed by atoms with Gasteiger partial charge in [-0.2, -0.15) is 5.10 Å². The van der Waals surface area contributed by atoms with Gasteiger partial charge in [0.05, 0.1) is 13.3 Å². The van der Waals surface area contributed by atoms with Crippen molar-refractivity contribution in [3.63, 3.8) is 0 Å². The number of amides is 1. The third-order valence-electron chi connectivity index (χ3n) is 3.07. The molecule has 1 amide bonds. The zero-order valence-corrected chi connectivity index (χ0v) is 15.5. The lowest BCUT2D eigenvalue weighted by Crippen LogP contribution is -2.33. The Balaban J connectivity index is 1.94. The first-order valence-corrected chi connectivity index (χ1v) is 8.25. The standard InChI is InChI=1S/C17H16BrClN2O3/c1-11(24-15-6-4-14(19)5-7-15)17(22)21-20-10-12-9-13(18)3-8-16(12)23-2/h3-11H,1-2H3,(H,21,22)/b20-10-/t11-/m1/s1. The predicted octanol–water partition coefficient (Wildman–Crippen LogP) is 4.03. The van der Waals surface area contributed by atoms with Gasteiger partial charge in [-0.05, 0) is 49.4 Å². The van der Waals surface area contributed by atoms with Crippen LogP contribution in [0.2, 0.25) is 5.02 Å². The van der Waals surface area contributed by atoms with Gasteiger partial charge >= 0.3 is 0 Å². The van der Waals surface area contributed by atoms with Crippen molar-refractivity contribution in [2.75, 3.05) is 7.11 Å². The monoisotopic (exact) mass is 410 g/mol. The molecule has 0 aliphatic rings. The molecule has 1 N–H and O–H groups in total. The summed E-state index contributed by atoms with van der Waals surface area (Å²) in [6.07, 6.45) is 0.809. The van der Waals surface area contributed by atoms with Crippen LogP contribution in [-0.4, -0.2) is 25.3 Å². The van der Waals surface area contributed by atoms with Crippen LogP contribution in [0, 0.1) is 0 Å². The van der Waals surface area contributed by atoms with E-state index in [2.05, 4.69) is 26.5 Å². The van der Waals surface area contributed by atoms with Crippen molar-refractivity contribution in [1.29, 1.82) is 0 Å². The van der Waals surface area contributed by atoms with Crippen LogP contribution in [0.4, 0.5) is 0 Å². The minimum atomic E-state index is -0.701. The van der Waals surface area contributed by atoms with E-state index in [1.807, 2.05) is 12.1 Å². The number of ether oxygens (including phenoxy) is 2. The van der Waals surface area contributed by atoms with Gasteiger partial charge in [0.25, 0.3) is 5.91 Å². The molecule has 2 aromatic rings. The molecule has 0 unspecified atom stereocenters. The highest BCUT2D eigenvalue weighted by molar-refractivity contribution is 9.10. The molecule has 0 saturated carbocycles. The largest absolute Gasteiger partial charge is 0.496 e. The summed E-state index contributed by atoms with van der Waals surface area (Å²) in [5.41, 5.74) is 3.18. The van der Waals surface area contributed by atoms with Crippen LogP contribution < -0.4 is 14.9 Å². The Morgan fingerprint density at radius 1 is 1.29 bits per heavy atom. The van der Waals surface area contributed by atoms with E-state index in [0.29, 0.717) is 16.5 Å². The molecule has 0 heterocycles. The number of nitrogens with one attached hydrogen (secondary N) is 1. The normalized spacial score (nSPS) is 12.0. The highest BCUT2D eigenvalue weighted by Gasteiger charge is 2.13. The Morgan fingerprint density at radius 3 is 2.67 bits per heavy atom. The van der Waals surface area contributed by atoms with Crippen LogP contribution in [0.1, 0.15) is 12.5 Å². The summed E-state index contributed by atoms with van der Waals surface area (Å²) in [4.78, 5) is 12.0. The van der Waals surface area contributed by atoms with E-state index in [9.17, 15) is 4.79 Å². The molecule has 0 fully saturated rings. The number of hydrogen-bond acceptors (Lipinski definition) is 4. The van der Waals surface area contributed by atoms with Crippen molar-refractivity contribution in [2.24, 2.45) is 5.10 Å². The topological polar surface area (TPSA) is 59.9 Å². The van der Waals surface area contributed by atoms with E-state index in [-0.39, 0.29) is 5.91 Å². The van der Waals surface area contributed by atoms with E-state index in [1.54, 1.807) is 44.4 Å². The van der Waals surface area contributed by atoms with Gasteiger partial charge in [-0.3, -0.25) is 4.79 Å². The fourth-order valence-corrected chi connectivity index (χ4v) is 2.34. The predicted molar refractivity (Wildman–Crippen MR) is 98.0 cm³/mol. The SMILES string of the molecule is COc1ccc(Br)cc1/C=N\NC(=O)[C@@H](C)Oc1ccc(Cl)cc1. The molecule has 0 radical (unpaired) electrons. The van der Waals surface area contributed by atoms with Crippen LogP contribution in [0.3, 0.4) is 0 Å². The Labute approximate surface area is 153 Å². The second-order valence-corrected chi connectivity index (χ2v) is 6.19. The summed E-state index contributed by atoms with van der Waals surface area (Å²) < 4.78 is 11.6. The highest BCUT2D eigenvalue weighted by Crippen LogP contribution is 2.21. The van der Waals surface area contributed by atoms with E-state index in [1.165, 1.54) is 6.21 Å². The average Bonchev–Trinajstić information content (AvgIpc) is 2.57. The average molecular weight is 412 g/mol. The van der Waals surface area contributed by atoms with Gasteiger partial charge in [-0.25, -0.2) is 5.43 Å². The Morgan fingerprint density at radius 2 is 2.00 bits per heavy atom. The molecule has 2 aromatic carbocycles. The first kappa shape index (κ1) is 18.3. The molecule has 126 valence electrons. The summed E-state index contributed by atoms with van der Waals surface area (Å²) in [7, 11) is 1.57. The fraction of sp³-hybridized carbons (Fsp3) is 0.176. The van der Waals surface area contributed by atoms with E-state index >= 15 is 0 Å². The van der Waals surface area contributed by atoms with E-state index < -0.39 is 6.10 Å². The molecular weight excluding hydrogens is 396 g/mol. The first-order chi connectivity index (χ1) is 11.5. The van der Waals surface area contributed by atoms with Gasteiger partial charge in [0.1, 0.15) is 11.5 Å². The molecule has 2 rings (SSSR count). The number of rotatable bonds is 6. The van der Waals surface area contributed by atoms with Gasteiger partial charge in [0, 0.05) is 15.1 Å². The van der Waals surface area contributed by atoms with Crippen molar-refractivity contribution < 1.29 is 14.3 Å². The molecular formula is C17H16BrClN2O3. The molecule has 24 heavy (non-hydrogen) atoms. The number of hydrazone groups is 1. The third-order valence-corrected chi connectivity index (χ3v) is 3.81. The number of carbonyl (C=O) groups is 1. The number of carbonyl (C=O) groups excluding carboxylic acids is 1. The lowest BCUT2D eigenvalue weighted by atomic mass is 10.2. The molecule has 0 spiro atoms. The van der Waals surface area contributed by atoms with Gasteiger partial charge < -0.3 is 9.47 Å². The smallest absolute Gasteiger partial charge is 0.280 e. The molecule has 0 aromatic heterocycles. The van der Waals surface area contributed by atoms with Crippen molar-refractivity contribution in [3.8, 4) is 11.5 Å². The minimum absolute atomic E-state index is 0.366. The molecule has 0 aliphatic heterocycles. The number of nitrogens with zero attached hydrogens (tertiary/aromatic N) is 1. The molecule has 0 saturated heterocycles. The summed E-state index contributed by atoms with van der Waals surface area (Å²) in [5.74, 6) is 0.844. The van der Waals surface area contributed by atoms with Crippen LogP contribution in [0.15, 0.2) is 52.0 Å². The lowest BCUT2D eigenvalue weighted by Gasteiger charge is -2.12. The van der Waals surface area contributed by atoms with Crippen LogP contribution in [0.5, 0.6) is 11.5 Å². The first-order valence-electron chi connectivity index (χ1n) is 7.08. The zero-order valence-electron chi connectivity index (χ0n) is 13.1. The van der Waals surface area contributed by atoms with Crippen LogP contribution >= 0.6 is 27.5 Å².